The summed E-state index contributed by atoms with van der Waals surface area (Å²) in [6, 6.07) is 6.65. The lowest BCUT2D eigenvalue weighted by Crippen LogP contribution is -2.72. The Morgan fingerprint density at radius 2 is 1.66 bits per heavy atom. The van der Waals surface area contributed by atoms with Gasteiger partial charge in [0.2, 0.25) is 15.8 Å². The van der Waals surface area contributed by atoms with Crippen molar-refractivity contribution in [3.8, 4) is 0 Å². The Bertz CT molecular complexity index is 1380. The smallest absolute Gasteiger partial charge is 0.239 e. The molecule has 0 aliphatic carbocycles. The van der Waals surface area contributed by atoms with Crippen molar-refractivity contribution in [1.82, 2.24) is 9.80 Å². The number of rotatable bonds is 9. The molecule has 2 saturated heterocycles. The van der Waals surface area contributed by atoms with Gasteiger partial charge < -0.3 is 16.6 Å². The number of fused-ring (bicyclic) bond motifs is 1. The maximum Gasteiger partial charge on any atom is 0.239 e. The van der Waals surface area contributed by atoms with Gasteiger partial charge in [-0.15, -0.1) is 0 Å². The van der Waals surface area contributed by atoms with Gasteiger partial charge in [-0.2, -0.15) is 0 Å². The van der Waals surface area contributed by atoms with E-state index in [1.165, 1.54) is 6.07 Å². The van der Waals surface area contributed by atoms with Gasteiger partial charge in [0.05, 0.1) is 11.5 Å². The lowest BCUT2D eigenvalue weighted by Gasteiger charge is -2.47. The number of Topliss-reactive ketones (excluding diaryl/α,β-unsaturated/α-hetero) is 1. The molecular weight excluding hydrogens is 508 g/mol. The van der Waals surface area contributed by atoms with E-state index in [-0.39, 0.29) is 11.1 Å². The third-order valence-electron chi connectivity index (χ3n) is 8.03. The maximum atomic E-state index is 14.7. The Balaban J connectivity index is 2.16. The first-order valence-electron chi connectivity index (χ1n) is 12.8. The van der Waals surface area contributed by atoms with Crippen LogP contribution in [0, 0.1) is 12.3 Å². The highest BCUT2D eigenvalue weighted by atomic mass is 32.2. The second-order valence-electron chi connectivity index (χ2n) is 10.3. The number of carbonyl (C=O) groups excluding carboxylic acids is 2. The van der Waals surface area contributed by atoms with E-state index in [9.17, 15) is 23.1 Å². The van der Waals surface area contributed by atoms with Gasteiger partial charge in [0, 0.05) is 24.2 Å². The van der Waals surface area contributed by atoms with Crippen molar-refractivity contribution >= 4 is 38.7 Å². The van der Waals surface area contributed by atoms with Crippen LogP contribution >= 0.6 is 0 Å². The van der Waals surface area contributed by atoms with Crippen LogP contribution in [0.4, 0.5) is 0 Å². The zero-order chi connectivity index (χ0) is 27.9. The van der Waals surface area contributed by atoms with E-state index in [1.54, 1.807) is 34.9 Å². The summed E-state index contributed by atoms with van der Waals surface area (Å²) < 4.78 is 26.5. The summed E-state index contributed by atoms with van der Waals surface area (Å²) in [5.74, 6) is -1.39. The minimum absolute atomic E-state index is 0.130. The standard InChI is InChI=1S/C26H36N6O5S/c1-17-8-7-9-18-19(17)14-20(22(38(30,36)37)21(18)23(27)28)25(15-33,31-10-5-6-11-31)24(35)26(29,16-34)32-12-3-2-4-13-32/h7-9,14,16,33H,2-6,10-13,15,29H2,1H3,(H3,27,28)(H2,30,36,37). The molecule has 38 heavy (non-hydrogen) atoms. The first-order valence-corrected chi connectivity index (χ1v) is 14.3. The van der Waals surface area contributed by atoms with Crippen molar-refractivity contribution in [1.29, 1.82) is 5.41 Å². The highest BCUT2D eigenvalue weighted by Crippen LogP contribution is 2.43. The molecule has 2 fully saturated rings. The largest absolute Gasteiger partial charge is 0.394 e. The summed E-state index contributed by atoms with van der Waals surface area (Å²) in [7, 11) is -4.60. The number of nitrogens with one attached hydrogen (secondary N) is 1. The molecule has 206 valence electrons. The summed E-state index contributed by atoms with van der Waals surface area (Å²) in [5.41, 5.74) is 8.85. The first kappa shape index (κ1) is 28.3. The highest BCUT2D eigenvalue weighted by molar-refractivity contribution is 7.89. The molecule has 2 atom stereocenters. The second kappa shape index (κ2) is 10.4. The number of aldehydes is 1. The van der Waals surface area contributed by atoms with Gasteiger partial charge in [0.25, 0.3) is 0 Å². The summed E-state index contributed by atoms with van der Waals surface area (Å²) in [6.45, 7) is 2.46. The van der Waals surface area contributed by atoms with E-state index in [0.717, 1.165) is 24.8 Å². The summed E-state index contributed by atoms with van der Waals surface area (Å²) in [4.78, 5) is 30.1. The molecule has 2 aliphatic heterocycles. The number of hydrogen-bond acceptors (Lipinski definition) is 9. The molecule has 2 aliphatic rings. The fourth-order valence-electron chi connectivity index (χ4n) is 6.09. The summed E-state index contributed by atoms with van der Waals surface area (Å²) >= 11 is 0. The lowest BCUT2D eigenvalue weighted by molar-refractivity contribution is -0.151. The fraction of sp³-hybridized carbons (Fsp3) is 0.500. The van der Waals surface area contributed by atoms with E-state index in [1.807, 2.05) is 0 Å². The van der Waals surface area contributed by atoms with Crippen LogP contribution in [-0.2, 0) is 25.2 Å². The summed E-state index contributed by atoms with van der Waals surface area (Å²) in [5, 5.41) is 26.1. The number of benzene rings is 2. The number of primary sulfonamides is 1. The van der Waals surface area contributed by atoms with Crippen LogP contribution in [0.1, 0.15) is 48.8 Å². The molecule has 0 amide bonds. The number of nitrogens with two attached hydrogens (primary N) is 3. The van der Waals surface area contributed by atoms with Crippen molar-refractivity contribution in [3.05, 3.63) is 41.0 Å². The van der Waals surface area contributed by atoms with Gasteiger partial charge in [0.15, 0.2) is 11.9 Å². The highest BCUT2D eigenvalue weighted by Gasteiger charge is 2.57. The van der Waals surface area contributed by atoms with E-state index in [4.69, 9.17) is 22.0 Å². The van der Waals surface area contributed by atoms with Crippen LogP contribution in [0.5, 0.6) is 0 Å². The van der Waals surface area contributed by atoms with Crippen LogP contribution in [0.2, 0.25) is 0 Å². The van der Waals surface area contributed by atoms with Crippen LogP contribution in [-0.4, -0.2) is 79.7 Å². The quantitative estimate of drug-likeness (QED) is 0.127. The van der Waals surface area contributed by atoms with Gasteiger partial charge in [-0.3, -0.25) is 24.8 Å². The topological polar surface area (TPSA) is 197 Å². The van der Waals surface area contributed by atoms with Gasteiger partial charge in [-0.05, 0) is 68.1 Å². The molecule has 11 nitrogen and oxygen atoms in total. The number of piperidine rings is 1. The third kappa shape index (κ3) is 4.44. The molecule has 0 spiro atoms. The zero-order valence-corrected chi connectivity index (χ0v) is 22.4. The average Bonchev–Trinajstić information content (AvgIpc) is 3.43. The number of aliphatic hydroxyl groups is 1. The number of amidine groups is 1. The molecule has 0 radical (unpaired) electrons. The number of hydrogen-bond donors (Lipinski definition) is 5. The molecule has 0 bridgehead atoms. The molecule has 2 aromatic carbocycles. The number of nitrogens with zero attached hydrogens (tertiary/aromatic N) is 2. The molecule has 12 heteroatoms. The Kier molecular flexibility index (Phi) is 7.77. The van der Waals surface area contributed by atoms with Crippen molar-refractivity contribution in [2.45, 2.75) is 55.1 Å². The lowest BCUT2D eigenvalue weighted by atomic mass is 9.76. The van der Waals surface area contributed by atoms with Crippen LogP contribution < -0.4 is 16.6 Å². The Labute approximate surface area is 222 Å². The van der Waals surface area contributed by atoms with E-state index < -0.39 is 44.3 Å². The number of carbonyl (C=O) groups is 2. The average molecular weight is 545 g/mol. The normalized spacial score (nSPS) is 20.6. The molecule has 2 heterocycles. The second-order valence-corrected chi connectivity index (χ2v) is 11.8. The van der Waals surface area contributed by atoms with Crippen molar-refractivity contribution < 1.29 is 23.1 Å². The zero-order valence-electron chi connectivity index (χ0n) is 21.6. The van der Waals surface area contributed by atoms with E-state index >= 15 is 0 Å². The number of nitrogen functional groups attached to an aromatic ring is 1. The van der Waals surface area contributed by atoms with Gasteiger partial charge >= 0.3 is 0 Å². The van der Waals surface area contributed by atoms with E-state index in [2.05, 4.69) is 0 Å². The van der Waals surface area contributed by atoms with Crippen LogP contribution in [0.3, 0.4) is 0 Å². The molecule has 8 N–H and O–H groups in total. The number of ketones is 1. The maximum absolute atomic E-state index is 14.7. The molecular formula is C26H36N6O5S. The fourth-order valence-corrected chi connectivity index (χ4v) is 7.12. The van der Waals surface area contributed by atoms with Crippen molar-refractivity contribution in [2.75, 3.05) is 32.8 Å². The third-order valence-corrected chi connectivity index (χ3v) is 9.02. The number of aryl methyl sites for hydroxylation is 1. The van der Waals surface area contributed by atoms with Crippen LogP contribution in [0.15, 0.2) is 29.2 Å². The number of aliphatic hydroxyl groups excluding tert-OH is 1. The SMILES string of the molecule is Cc1cccc2c(C(=N)N)c(S(N)(=O)=O)c(C(CO)(C(=O)C(N)(C=O)N3CCCCC3)N3CCCC3)cc12. The Hall–Kier alpha value is -2.74. The Morgan fingerprint density at radius 1 is 1.08 bits per heavy atom. The first-order chi connectivity index (χ1) is 17.9. The predicted octanol–water partition coefficient (Wildman–Crippen LogP) is 0.272. The number of sulfonamides is 1. The minimum atomic E-state index is -4.60. The van der Waals surface area contributed by atoms with E-state index in [0.29, 0.717) is 56.1 Å². The predicted molar refractivity (Wildman–Crippen MR) is 144 cm³/mol. The molecule has 0 aromatic heterocycles. The van der Waals surface area contributed by atoms with Gasteiger partial charge in [-0.25, -0.2) is 13.6 Å². The Morgan fingerprint density at radius 3 is 2.18 bits per heavy atom. The van der Waals surface area contributed by atoms with Crippen molar-refractivity contribution in [2.24, 2.45) is 16.6 Å². The monoisotopic (exact) mass is 544 g/mol. The van der Waals surface area contributed by atoms with Gasteiger partial charge in [0.1, 0.15) is 11.4 Å². The minimum Gasteiger partial charge on any atom is -0.394 e. The van der Waals surface area contributed by atoms with Gasteiger partial charge in [-0.1, -0.05) is 24.6 Å². The van der Waals surface area contributed by atoms with Crippen molar-refractivity contribution in [3.63, 3.8) is 0 Å². The molecule has 2 aromatic rings. The molecule has 2 unspecified atom stereocenters. The number of likely N-dealkylation sites (tertiary alicyclic amines) is 2. The molecule has 0 saturated carbocycles. The molecule has 4 rings (SSSR count). The van der Waals surface area contributed by atoms with Crippen LogP contribution in [0.25, 0.3) is 10.8 Å². The summed E-state index contributed by atoms with van der Waals surface area (Å²) in [6.07, 6.45) is 4.17.